The number of alkyl halides is 3. The van der Waals surface area contributed by atoms with Crippen LogP contribution in [-0.2, 0) is 22.7 Å². The maximum absolute atomic E-state index is 12.9. The van der Waals surface area contributed by atoms with Crippen molar-refractivity contribution in [2.75, 3.05) is 0 Å². The fraction of sp³-hybridized carbons (Fsp3) is 0.143. The predicted molar refractivity (Wildman–Crippen MR) is 83.8 cm³/mol. The molecule has 0 heterocycles. The van der Waals surface area contributed by atoms with Gasteiger partial charge in [0.05, 0.1) is 26.4 Å². The molecule has 144 valence electrons. The highest BCUT2D eigenvalue weighted by atomic mass is 32.2. The van der Waals surface area contributed by atoms with Crippen molar-refractivity contribution >= 4 is 21.5 Å². The first-order chi connectivity index (χ1) is 12.3. The minimum atomic E-state index is -4.92. The van der Waals surface area contributed by atoms with Gasteiger partial charge in [0.15, 0.2) is 0 Å². The average Bonchev–Trinajstić information content (AvgIpc) is 2.52. The van der Waals surface area contributed by atoms with Gasteiger partial charge in [0, 0.05) is 18.1 Å². The summed E-state index contributed by atoms with van der Waals surface area (Å²) in [6.07, 6.45) is -5.51. The molecule has 0 fully saturated rings. The number of nitrogens with zero attached hydrogens (tertiary/aromatic N) is 2. The second-order valence-corrected chi connectivity index (χ2v) is 6.69. The number of benzene rings is 2. The van der Waals surface area contributed by atoms with Crippen LogP contribution in [0.3, 0.4) is 0 Å². The normalized spacial score (nSPS) is 12.0. The van der Waals surface area contributed by atoms with Crippen molar-refractivity contribution in [3.05, 3.63) is 73.3 Å². The third-order valence-electron chi connectivity index (χ3n) is 3.52. The minimum Gasteiger partial charge on any atom is -0.282 e. The fourth-order valence-electron chi connectivity index (χ4n) is 2.34. The Labute approximate surface area is 149 Å². The molecule has 27 heavy (non-hydrogen) atoms. The third kappa shape index (κ3) is 4.57. The van der Waals surface area contributed by atoms with E-state index in [4.69, 9.17) is 0 Å². The number of nitro groups is 2. The smallest absolute Gasteiger partial charge is 0.282 e. The summed E-state index contributed by atoms with van der Waals surface area (Å²) in [7, 11) is -4.92. The SMILES string of the molecule is O=[N+]([O-])c1ccc(Cc2cc(C(F)(F)F)ccc2S(=O)(=O)O)c([N+](=O)[O-])c1. The van der Waals surface area contributed by atoms with Crippen LogP contribution in [-0.4, -0.2) is 22.8 Å². The van der Waals surface area contributed by atoms with Crippen LogP contribution < -0.4 is 0 Å². The number of rotatable bonds is 5. The van der Waals surface area contributed by atoms with E-state index in [0.29, 0.717) is 24.3 Å². The Kier molecular flexibility index (Phi) is 5.19. The van der Waals surface area contributed by atoms with E-state index in [0.717, 1.165) is 12.1 Å². The first kappa shape index (κ1) is 20.3. The largest absolute Gasteiger partial charge is 0.416 e. The number of nitro benzene ring substituents is 2. The van der Waals surface area contributed by atoms with Crippen molar-refractivity contribution in [3.63, 3.8) is 0 Å². The van der Waals surface area contributed by atoms with E-state index in [-0.39, 0.29) is 5.56 Å². The monoisotopic (exact) mass is 406 g/mol. The molecular formula is C14H9F3N2O7S. The molecule has 0 radical (unpaired) electrons. The van der Waals surface area contributed by atoms with E-state index in [2.05, 4.69) is 0 Å². The van der Waals surface area contributed by atoms with Crippen LogP contribution in [0.5, 0.6) is 0 Å². The van der Waals surface area contributed by atoms with Gasteiger partial charge in [0.1, 0.15) is 0 Å². The Morgan fingerprint density at radius 3 is 2.07 bits per heavy atom. The molecule has 0 saturated heterocycles. The Hall–Kier alpha value is -3.06. The highest BCUT2D eigenvalue weighted by Crippen LogP contribution is 2.34. The summed E-state index contributed by atoms with van der Waals surface area (Å²) >= 11 is 0. The summed E-state index contributed by atoms with van der Waals surface area (Å²) in [5.41, 5.74) is -3.44. The molecule has 0 aliphatic heterocycles. The van der Waals surface area contributed by atoms with Crippen molar-refractivity contribution < 1.29 is 36.0 Å². The van der Waals surface area contributed by atoms with E-state index in [1.54, 1.807) is 0 Å². The first-order valence-electron chi connectivity index (χ1n) is 6.90. The standard InChI is InChI=1S/C14H9F3N2O7S/c15-14(16,17)10-2-4-13(27(24,25)26)9(6-10)5-8-1-3-11(18(20)21)7-12(8)19(22)23/h1-4,6-7H,5H2,(H,24,25,26). The lowest BCUT2D eigenvalue weighted by molar-refractivity contribution is -0.394. The maximum atomic E-state index is 12.9. The van der Waals surface area contributed by atoms with Gasteiger partial charge in [-0.15, -0.1) is 0 Å². The molecule has 0 atom stereocenters. The molecule has 0 spiro atoms. The zero-order valence-electron chi connectivity index (χ0n) is 13.0. The molecule has 0 aliphatic rings. The summed E-state index contributed by atoms with van der Waals surface area (Å²) in [6.45, 7) is 0. The zero-order chi connectivity index (χ0) is 20.6. The Morgan fingerprint density at radius 1 is 0.963 bits per heavy atom. The van der Waals surface area contributed by atoms with Gasteiger partial charge in [-0.05, 0) is 29.8 Å². The topological polar surface area (TPSA) is 141 Å². The lowest BCUT2D eigenvalue weighted by Crippen LogP contribution is -2.10. The van der Waals surface area contributed by atoms with Crippen molar-refractivity contribution in [1.29, 1.82) is 0 Å². The first-order valence-corrected chi connectivity index (χ1v) is 8.34. The van der Waals surface area contributed by atoms with Crippen LogP contribution in [0.25, 0.3) is 0 Å². The quantitative estimate of drug-likeness (QED) is 0.456. The lowest BCUT2D eigenvalue weighted by atomic mass is 10.0. The minimum absolute atomic E-state index is 0.269. The predicted octanol–water partition coefficient (Wildman–Crippen LogP) is 3.36. The van der Waals surface area contributed by atoms with Crippen LogP contribution in [0.1, 0.15) is 16.7 Å². The van der Waals surface area contributed by atoms with Gasteiger partial charge in [0.25, 0.3) is 21.5 Å². The van der Waals surface area contributed by atoms with E-state index in [9.17, 15) is 46.4 Å². The molecule has 0 aliphatic carbocycles. The summed E-state index contributed by atoms with van der Waals surface area (Å²) in [6, 6.07) is 3.85. The summed E-state index contributed by atoms with van der Waals surface area (Å²) in [5.74, 6) is 0. The molecule has 0 aromatic heterocycles. The molecule has 0 unspecified atom stereocenters. The number of halogens is 3. The number of hydrogen-bond donors (Lipinski definition) is 1. The van der Waals surface area contributed by atoms with Gasteiger partial charge in [-0.3, -0.25) is 24.8 Å². The van der Waals surface area contributed by atoms with Gasteiger partial charge >= 0.3 is 6.18 Å². The van der Waals surface area contributed by atoms with Crippen molar-refractivity contribution in [2.45, 2.75) is 17.5 Å². The van der Waals surface area contributed by atoms with Crippen LogP contribution in [0.15, 0.2) is 41.3 Å². The molecule has 0 amide bonds. The van der Waals surface area contributed by atoms with Gasteiger partial charge in [-0.1, -0.05) is 0 Å². The molecule has 13 heteroatoms. The summed E-state index contributed by atoms with van der Waals surface area (Å²) < 4.78 is 70.7. The van der Waals surface area contributed by atoms with Crippen LogP contribution in [0.2, 0.25) is 0 Å². The van der Waals surface area contributed by atoms with Crippen molar-refractivity contribution in [3.8, 4) is 0 Å². The Bertz CT molecular complexity index is 1040. The molecule has 0 saturated carbocycles. The maximum Gasteiger partial charge on any atom is 0.416 e. The Morgan fingerprint density at radius 2 is 1.59 bits per heavy atom. The Balaban J connectivity index is 2.65. The van der Waals surface area contributed by atoms with Crippen LogP contribution in [0.4, 0.5) is 24.5 Å². The average molecular weight is 406 g/mol. The van der Waals surface area contributed by atoms with E-state index in [1.807, 2.05) is 0 Å². The van der Waals surface area contributed by atoms with Gasteiger partial charge in [-0.25, -0.2) is 0 Å². The van der Waals surface area contributed by atoms with Crippen molar-refractivity contribution in [2.24, 2.45) is 0 Å². The third-order valence-corrected chi connectivity index (χ3v) is 4.48. The second kappa shape index (κ2) is 6.92. The molecule has 2 aromatic rings. The highest BCUT2D eigenvalue weighted by molar-refractivity contribution is 7.85. The van der Waals surface area contributed by atoms with Crippen LogP contribution >= 0.6 is 0 Å². The molecular weight excluding hydrogens is 397 g/mol. The molecule has 2 rings (SSSR count). The van der Waals surface area contributed by atoms with Crippen molar-refractivity contribution in [1.82, 2.24) is 0 Å². The van der Waals surface area contributed by atoms with Gasteiger partial charge in [0.2, 0.25) is 0 Å². The van der Waals surface area contributed by atoms with E-state index >= 15 is 0 Å². The molecule has 2 aromatic carbocycles. The van der Waals surface area contributed by atoms with E-state index < -0.39 is 60.0 Å². The fourth-order valence-corrected chi connectivity index (χ4v) is 3.04. The number of non-ortho nitro benzene ring substituents is 1. The molecule has 0 bridgehead atoms. The highest BCUT2D eigenvalue weighted by Gasteiger charge is 2.32. The molecule has 9 nitrogen and oxygen atoms in total. The van der Waals surface area contributed by atoms with Gasteiger partial charge in [-0.2, -0.15) is 21.6 Å². The second-order valence-electron chi connectivity index (χ2n) is 5.30. The molecule has 1 N–H and O–H groups in total. The number of hydrogen-bond acceptors (Lipinski definition) is 6. The van der Waals surface area contributed by atoms with E-state index in [1.165, 1.54) is 0 Å². The summed E-state index contributed by atoms with van der Waals surface area (Å²) in [4.78, 5) is 19.1. The van der Waals surface area contributed by atoms with Gasteiger partial charge < -0.3 is 0 Å². The summed E-state index contributed by atoms with van der Waals surface area (Å²) in [5, 5.41) is 21.9. The van der Waals surface area contributed by atoms with Crippen LogP contribution in [0, 0.1) is 20.2 Å². The lowest BCUT2D eigenvalue weighted by Gasteiger charge is -2.12. The zero-order valence-corrected chi connectivity index (χ0v) is 13.8.